The number of halogens is 3. The van der Waals surface area contributed by atoms with Gasteiger partial charge in [-0.2, -0.15) is 13.2 Å². The van der Waals surface area contributed by atoms with E-state index in [-0.39, 0.29) is 5.60 Å². The molecule has 0 bridgehead atoms. The van der Waals surface area contributed by atoms with Crippen LogP contribution in [-0.4, -0.2) is 57.5 Å². The average Bonchev–Trinajstić information content (AvgIpc) is 3.55. The fourth-order valence-corrected chi connectivity index (χ4v) is 4.18. The summed E-state index contributed by atoms with van der Waals surface area (Å²) in [4.78, 5) is 15.9. The van der Waals surface area contributed by atoms with Gasteiger partial charge in [0.05, 0.1) is 38.4 Å². The zero-order valence-electron chi connectivity index (χ0n) is 18.4. The molecule has 5 rings (SSSR count). The third kappa shape index (κ3) is 5.26. The van der Waals surface area contributed by atoms with E-state index in [0.29, 0.717) is 6.61 Å². The maximum Gasteiger partial charge on any atom is 0.490 e. The number of nitrogens with zero attached hydrogens (tertiary/aromatic N) is 3. The van der Waals surface area contributed by atoms with Crippen LogP contribution in [0.1, 0.15) is 18.0 Å². The molecule has 1 unspecified atom stereocenters. The number of carboxylic acid groups (broad SMARTS) is 1. The number of fused-ring (bicyclic) bond motifs is 1. The van der Waals surface area contributed by atoms with Crippen LogP contribution in [0.4, 0.5) is 13.2 Å². The lowest BCUT2D eigenvalue weighted by molar-refractivity contribution is -0.192. The summed E-state index contributed by atoms with van der Waals surface area (Å²) in [6, 6.07) is 12.1. The van der Waals surface area contributed by atoms with Crippen molar-refractivity contribution in [2.24, 2.45) is 0 Å². The second-order valence-electron chi connectivity index (χ2n) is 8.19. The molecule has 0 aliphatic carbocycles. The number of carbonyl (C=O) groups is 1. The summed E-state index contributed by atoms with van der Waals surface area (Å²) >= 11 is 0. The first-order valence-electron chi connectivity index (χ1n) is 10.6. The predicted octanol–water partition coefficient (Wildman–Crippen LogP) is 3.96. The number of alkyl halides is 3. The lowest BCUT2D eigenvalue weighted by Crippen LogP contribution is -2.44. The Morgan fingerprint density at radius 3 is 2.59 bits per heavy atom. The summed E-state index contributed by atoms with van der Waals surface area (Å²) in [7, 11) is 1.69. The molecular formula is C23H24F3N3O5. The van der Waals surface area contributed by atoms with E-state index in [1.54, 1.807) is 13.4 Å². The van der Waals surface area contributed by atoms with Crippen LogP contribution in [0.15, 0.2) is 53.3 Å². The number of hydrogen-bond donors (Lipinski definition) is 1. The molecule has 34 heavy (non-hydrogen) atoms. The first kappa shape index (κ1) is 23.8. The number of aliphatic carboxylic acids is 1. The summed E-state index contributed by atoms with van der Waals surface area (Å²) in [5.74, 6) is 0.106. The molecule has 0 radical (unpaired) electrons. The van der Waals surface area contributed by atoms with Gasteiger partial charge in [0.2, 0.25) is 0 Å². The minimum absolute atomic E-state index is 0.151. The molecule has 1 N–H and O–H groups in total. The number of aromatic nitrogens is 2. The molecular weight excluding hydrogens is 455 g/mol. The average molecular weight is 479 g/mol. The number of furan rings is 1. The first-order valence-corrected chi connectivity index (χ1v) is 10.6. The van der Waals surface area contributed by atoms with Gasteiger partial charge >= 0.3 is 12.1 Å². The van der Waals surface area contributed by atoms with Crippen LogP contribution in [0.25, 0.3) is 11.3 Å². The van der Waals surface area contributed by atoms with E-state index in [1.165, 1.54) is 0 Å². The molecule has 1 spiro atoms. The van der Waals surface area contributed by atoms with Gasteiger partial charge in [0.25, 0.3) is 0 Å². The van der Waals surface area contributed by atoms with Crippen molar-refractivity contribution in [2.45, 2.75) is 37.9 Å². The van der Waals surface area contributed by atoms with E-state index in [0.717, 1.165) is 61.2 Å². The highest BCUT2D eigenvalue weighted by Crippen LogP contribution is 2.36. The summed E-state index contributed by atoms with van der Waals surface area (Å²) in [5, 5.41) is 7.12. The largest absolute Gasteiger partial charge is 0.497 e. The molecule has 182 valence electrons. The number of hydrogen-bond acceptors (Lipinski definition) is 6. The van der Waals surface area contributed by atoms with Crippen molar-refractivity contribution < 1.29 is 37.0 Å². The van der Waals surface area contributed by atoms with Gasteiger partial charge in [0.15, 0.2) is 0 Å². The van der Waals surface area contributed by atoms with Crippen LogP contribution in [0, 0.1) is 0 Å². The zero-order valence-corrected chi connectivity index (χ0v) is 18.4. The Morgan fingerprint density at radius 1 is 1.24 bits per heavy atom. The quantitative estimate of drug-likeness (QED) is 0.606. The molecule has 2 aromatic heterocycles. The van der Waals surface area contributed by atoms with Crippen LogP contribution in [0.5, 0.6) is 5.75 Å². The normalized spacial score (nSPS) is 20.0. The van der Waals surface area contributed by atoms with Gasteiger partial charge in [-0.15, -0.1) is 0 Å². The minimum atomic E-state index is -5.08. The Labute approximate surface area is 193 Å². The van der Waals surface area contributed by atoms with Crippen molar-refractivity contribution >= 4 is 5.97 Å². The second kappa shape index (κ2) is 9.51. The molecule has 1 atom stereocenters. The third-order valence-electron chi connectivity index (χ3n) is 5.88. The molecule has 3 aromatic rings. The summed E-state index contributed by atoms with van der Waals surface area (Å²) < 4.78 is 51.1. The Balaban J connectivity index is 0.000000344. The molecule has 11 heteroatoms. The Kier molecular flexibility index (Phi) is 6.67. The second-order valence-corrected chi connectivity index (χ2v) is 8.19. The Bertz CT molecular complexity index is 1110. The fraction of sp³-hybridized carbons (Fsp3) is 0.391. The first-order chi connectivity index (χ1) is 16.2. The third-order valence-corrected chi connectivity index (χ3v) is 5.88. The standard InChI is InChI=1S/C21H23N3O3.C2HF3O2/c1-25-17-6-4-16(5-7-17)19-11-22-20-13-27-21(15-24(19)20)8-9-23(14-21)12-18-3-2-10-26-18;3-2(4,5)1(6)7/h2-7,10-11H,8-9,12-15H2,1H3;(H,6,7). The molecule has 2 aliphatic rings. The fourth-order valence-electron chi connectivity index (χ4n) is 4.18. The van der Waals surface area contributed by atoms with E-state index in [1.807, 2.05) is 30.5 Å². The lowest BCUT2D eigenvalue weighted by Gasteiger charge is -2.35. The number of rotatable bonds is 4. The number of likely N-dealkylation sites (tertiary alicyclic amines) is 1. The monoisotopic (exact) mass is 479 g/mol. The molecule has 0 saturated carbocycles. The van der Waals surface area contributed by atoms with E-state index in [2.05, 4.69) is 26.6 Å². The number of carboxylic acids is 1. The highest BCUT2D eigenvalue weighted by Gasteiger charge is 2.43. The molecule has 8 nitrogen and oxygen atoms in total. The van der Waals surface area contributed by atoms with Crippen molar-refractivity contribution in [1.82, 2.24) is 14.5 Å². The number of benzene rings is 1. The van der Waals surface area contributed by atoms with Gasteiger partial charge in [-0.25, -0.2) is 9.78 Å². The van der Waals surface area contributed by atoms with Gasteiger partial charge in [-0.3, -0.25) is 4.90 Å². The van der Waals surface area contributed by atoms with E-state index in [9.17, 15) is 13.2 Å². The van der Waals surface area contributed by atoms with Crippen LogP contribution in [0.2, 0.25) is 0 Å². The SMILES string of the molecule is COc1ccc(-c2cnc3n2CC2(CCN(Cc4ccco4)C2)OC3)cc1.O=C(O)C(F)(F)F. The van der Waals surface area contributed by atoms with Gasteiger partial charge in [0.1, 0.15) is 29.5 Å². The van der Waals surface area contributed by atoms with Gasteiger partial charge in [-0.1, -0.05) is 0 Å². The Morgan fingerprint density at radius 2 is 1.97 bits per heavy atom. The maximum atomic E-state index is 10.6. The van der Waals surface area contributed by atoms with Crippen molar-refractivity contribution in [2.75, 3.05) is 20.2 Å². The van der Waals surface area contributed by atoms with Crippen LogP contribution in [-0.2, 0) is 29.2 Å². The van der Waals surface area contributed by atoms with Crippen molar-refractivity contribution in [3.8, 4) is 17.0 Å². The summed E-state index contributed by atoms with van der Waals surface area (Å²) in [5.41, 5.74) is 2.14. The highest BCUT2D eigenvalue weighted by atomic mass is 19.4. The Hall–Kier alpha value is -3.31. The smallest absolute Gasteiger partial charge is 0.490 e. The zero-order chi connectivity index (χ0) is 24.3. The van der Waals surface area contributed by atoms with Gasteiger partial charge in [0, 0.05) is 18.7 Å². The summed E-state index contributed by atoms with van der Waals surface area (Å²) in [6.45, 7) is 4.15. The van der Waals surface area contributed by atoms with Crippen LogP contribution in [0.3, 0.4) is 0 Å². The van der Waals surface area contributed by atoms with Crippen LogP contribution < -0.4 is 4.74 Å². The van der Waals surface area contributed by atoms with E-state index in [4.69, 9.17) is 23.8 Å². The molecule has 2 aliphatic heterocycles. The highest BCUT2D eigenvalue weighted by molar-refractivity contribution is 5.73. The van der Waals surface area contributed by atoms with E-state index < -0.39 is 12.1 Å². The van der Waals surface area contributed by atoms with Gasteiger partial charge < -0.3 is 23.6 Å². The predicted molar refractivity (Wildman–Crippen MR) is 114 cm³/mol. The van der Waals surface area contributed by atoms with Crippen LogP contribution >= 0.6 is 0 Å². The molecule has 4 heterocycles. The molecule has 1 aromatic carbocycles. The topological polar surface area (TPSA) is 90.0 Å². The molecule has 1 fully saturated rings. The number of imidazole rings is 1. The maximum absolute atomic E-state index is 10.6. The van der Waals surface area contributed by atoms with Crippen molar-refractivity contribution in [1.29, 1.82) is 0 Å². The number of methoxy groups -OCH3 is 1. The molecule has 1 saturated heterocycles. The van der Waals surface area contributed by atoms with Gasteiger partial charge in [-0.05, 0) is 42.8 Å². The minimum Gasteiger partial charge on any atom is -0.497 e. The lowest BCUT2D eigenvalue weighted by atomic mass is 10.0. The van der Waals surface area contributed by atoms with Crippen molar-refractivity contribution in [3.05, 3.63) is 60.4 Å². The van der Waals surface area contributed by atoms with Crippen molar-refractivity contribution in [3.63, 3.8) is 0 Å². The number of ether oxygens (including phenoxy) is 2. The molecule has 0 amide bonds. The van der Waals surface area contributed by atoms with E-state index >= 15 is 0 Å². The summed E-state index contributed by atoms with van der Waals surface area (Å²) in [6.07, 6.45) is -0.375.